The molecule has 0 spiro atoms. The zero-order chi connectivity index (χ0) is 10.4. The summed E-state index contributed by atoms with van der Waals surface area (Å²) >= 11 is 0. The molecule has 1 aliphatic heterocycles. The Hall–Kier alpha value is -0.0800. The quantitative estimate of drug-likeness (QED) is 0.734. The van der Waals surface area contributed by atoms with Gasteiger partial charge in [0.25, 0.3) is 0 Å². The van der Waals surface area contributed by atoms with E-state index in [1.54, 1.807) is 0 Å². The Morgan fingerprint density at radius 3 is 2.93 bits per heavy atom. The van der Waals surface area contributed by atoms with E-state index < -0.39 is 0 Å². The van der Waals surface area contributed by atoms with Gasteiger partial charge >= 0.3 is 0 Å². The minimum absolute atomic E-state index is 0.447. The molecule has 14 heavy (non-hydrogen) atoms. The summed E-state index contributed by atoms with van der Waals surface area (Å²) in [4.78, 5) is 0. The Balaban J connectivity index is 2.15. The van der Waals surface area contributed by atoms with Crippen molar-refractivity contribution in [3.63, 3.8) is 0 Å². The van der Waals surface area contributed by atoms with Crippen LogP contribution in [0.1, 0.15) is 40.0 Å². The maximum atomic E-state index is 5.95. The van der Waals surface area contributed by atoms with Crippen LogP contribution in [-0.2, 0) is 4.74 Å². The van der Waals surface area contributed by atoms with Crippen LogP contribution in [0.5, 0.6) is 0 Å². The van der Waals surface area contributed by atoms with Crippen LogP contribution in [0.25, 0.3) is 0 Å². The molecular weight excluding hydrogens is 174 g/mol. The molecule has 2 heteroatoms. The second-order valence-electron chi connectivity index (χ2n) is 4.74. The Morgan fingerprint density at radius 1 is 1.50 bits per heavy atom. The summed E-state index contributed by atoms with van der Waals surface area (Å²) in [7, 11) is 0. The lowest BCUT2D eigenvalue weighted by Gasteiger charge is -2.30. The van der Waals surface area contributed by atoms with Crippen LogP contribution in [0.4, 0.5) is 0 Å². The third-order valence-electron chi connectivity index (χ3n) is 3.13. The van der Waals surface area contributed by atoms with Gasteiger partial charge in [0.05, 0.1) is 6.10 Å². The minimum atomic E-state index is 0.447. The number of hydrogen-bond acceptors (Lipinski definition) is 2. The van der Waals surface area contributed by atoms with Crippen LogP contribution in [-0.4, -0.2) is 25.8 Å². The fourth-order valence-corrected chi connectivity index (χ4v) is 2.05. The van der Waals surface area contributed by atoms with E-state index in [0.717, 1.165) is 25.6 Å². The van der Waals surface area contributed by atoms with Crippen LogP contribution >= 0.6 is 0 Å². The average molecular weight is 199 g/mol. The molecule has 0 aromatic heterocycles. The van der Waals surface area contributed by atoms with Gasteiger partial charge in [-0.05, 0) is 31.2 Å². The highest BCUT2D eigenvalue weighted by atomic mass is 16.5. The van der Waals surface area contributed by atoms with Crippen molar-refractivity contribution in [2.24, 2.45) is 11.8 Å². The molecule has 0 radical (unpaired) electrons. The molecule has 1 fully saturated rings. The van der Waals surface area contributed by atoms with Crippen molar-refractivity contribution in [3.05, 3.63) is 0 Å². The largest absolute Gasteiger partial charge is 0.376 e. The van der Waals surface area contributed by atoms with Gasteiger partial charge in [0, 0.05) is 13.2 Å². The molecule has 0 aromatic rings. The zero-order valence-corrected chi connectivity index (χ0v) is 9.88. The fourth-order valence-electron chi connectivity index (χ4n) is 2.05. The van der Waals surface area contributed by atoms with Gasteiger partial charge in [-0.25, -0.2) is 0 Å². The molecule has 1 heterocycles. The molecule has 0 amide bonds. The first-order chi connectivity index (χ1) is 6.74. The summed E-state index contributed by atoms with van der Waals surface area (Å²) in [6.07, 6.45) is 4.26. The predicted octanol–water partition coefficient (Wildman–Crippen LogP) is 2.44. The Morgan fingerprint density at radius 2 is 2.29 bits per heavy atom. The van der Waals surface area contributed by atoms with Gasteiger partial charge in [0.15, 0.2) is 0 Å². The van der Waals surface area contributed by atoms with Crippen molar-refractivity contribution in [2.45, 2.75) is 46.1 Å². The molecule has 0 bridgehead atoms. The van der Waals surface area contributed by atoms with Crippen molar-refractivity contribution < 1.29 is 4.74 Å². The van der Waals surface area contributed by atoms with E-state index in [2.05, 4.69) is 26.1 Å². The monoisotopic (exact) mass is 199 g/mol. The van der Waals surface area contributed by atoms with E-state index in [0.29, 0.717) is 12.0 Å². The molecule has 3 unspecified atom stereocenters. The lowest BCUT2D eigenvalue weighted by molar-refractivity contribution is -0.0121. The molecule has 0 aliphatic carbocycles. The predicted molar refractivity (Wildman–Crippen MR) is 60.5 cm³/mol. The van der Waals surface area contributed by atoms with Gasteiger partial charge in [-0.2, -0.15) is 0 Å². The van der Waals surface area contributed by atoms with Crippen LogP contribution in [0.2, 0.25) is 0 Å². The topological polar surface area (TPSA) is 21.3 Å². The molecule has 1 rings (SSSR count). The first-order valence-electron chi connectivity index (χ1n) is 6.06. The highest BCUT2D eigenvalue weighted by molar-refractivity contribution is 4.75. The van der Waals surface area contributed by atoms with Gasteiger partial charge in [-0.3, -0.25) is 0 Å². The Labute approximate surface area is 88.4 Å². The smallest absolute Gasteiger partial charge is 0.0725 e. The van der Waals surface area contributed by atoms with Crippen molar-refractivity contribution >= 4 is 0 Å². The summed E-state index contributed by atoms with van der Waals surface area (Å²) in [6.45, 7) is 9.96. The number of ether oxygens (including phenoxy) is 1. The first-order valence-corrected chi connectivity index (χ1v) is 6.06. The maximum Gasteiger partial charge on any atom is 0.0725 e. The highest BCUT2D eigenvalue weighted by Gasteiger charge is 2.21. The van der Waals surface area contributed by atoms with E-state index in [1.807, 2.05) is 0 Å². The molecule has 84 valence electrons. The van der Waals surface area contributed by atoms with E-state index in [-0.39, 0.29) is 0 Å². The third kappa shape index (κ3) is 3.97. The van der Waals surface area contributed by atoms with Crippen molar-refractivity contribution in [2.75, 3.05) is 19.7 Å². The molecule has 2 nitrogen and oxygen atoms in total. The summed E-state index contributed by atoms with van der Waals surface area (Å²) in [5, 5.41) is 3.40. The van der Waals surface area contributed by atoms with Crippen LogP contribution in [0.3, 0.4) is 0 Å². The molecule has 1 aliphatic rings. The van der Waals surface area contributed by atoms with Gasteiger partial charge in [-0.1, -0.05) is 27.2 Å². The second-order valence-corrected chi connectivity index (χ2v) is 4.74. The SMILES string of the molecule is CCCC(C)COC1CNCCC1C. The van der Waals surface area contributed by atoms with Crippen molar-refractivity contribution in [1.29, 1.82) is 0 Å². The van der Waals surface area contributed by atoms with Gasteiger partial charge in [0.2, 0.25) is 0 Å². The molecule has 1 N–H and O–H groups in total. The summed E-state index contributed by atoms with van der Waals surface area (Å²) < 4.78 is 5.95. The standard InChI is InChI=1S/C12H25NO/c1-4-5-10(2)9-14-12-8-13-7-6-11(12)3/h10-13H,4-9H2,1-3H3. The normalized spacial score (nSPS) is 30.2. The van der Waals surface area contributed by atoms with Crippen molar-refractivity contribution in [3.8, 4) is 0 Å². The summed E-state index contributed by atoms with van der Waals surface area (Å²) in [5.74, 6) is 1.44. The highest BCUT2D eigenvalue weighted by Crippen LogP contribution is 2.16. The zero-order valence-electron chi connectivity index (χ0n) is 9.88. The molecule has 3 atom stereocenters. The number of piperidine rings is 1. The van der Waals surface area contributed by atoms with E-state index in [9.17, 15) is 0 Å². The van der Waals surface area contributed by atoms with E-state index in [1.165, 1.54) is 19.3 Å². The third-order valence-corrected chi connectivity index (χ3v) is 3.13. The molecule has 0 aromatic carbocycles. The number of nitrogens with one attached hydrogen (secondary N) is 1. The molecule has 0 saturated carbocycles. The molecule has 1 saturated heterocycles. The van der Waals surface area contributed by atoms with Crippen LogP contribution < -0.4 is 5.32 Å². The fraction of sp³-hybridized carbons (Fsp3) is 1.00. The second kappa shape index (κ2) is 6.41. The van der Waals surface area contributed by atoms with Gasteiger partial charge in [0.1, 0.15) is 0 Å². The number of rotatable bonds is 5. The van der Waals surface area contributed by atoms with Gasteiger partial charge < -0.3 is 10.1 Å². The van der Waals surface area contributed by atoms with Crippen LogP contribution in [0.15, 0.2) is 0 Å². The number of hydrogen-bond donors (Lipinski definition) is 1. The maximum absolute atomic E-state index is 5.95. The Bertz CT molecular complexity index is 149. The Kier molecular flexibility index (Phi) is 5.49. The lowest BCUT2D eigenvalue weighted by Crippen LogP contribution is -2.41. The van der Waals surface area contributed by atoms with E-state index in [4.69, 9.17) is 4.74 Å². The average Bonchev–Trinajstić information content (AvgIpc) is 2.17. The summed E-state index contributed by atoms with van der Waals surface area (Å²) in [5.41, 5.74) is 0. The van der Waals surface area contributed by atoms with Crippen molar-refractivity contribution in [1.82, 2.24) is 5.32 Å². The lowest BCUT2D eigenvalue weighted by atomic mass is 9.97. The van der Waals surface area contributed by atoms with Gasteiger partial charge in [-0.15, -0.1) is 0 Å². The first kappa shape index (κ1) is 12.0. The summed E-state index contributed by atoms with van der Waals surface area (Å²) in [6, 6.07) is 0. The van der Waals surface area contributed by atoms with E-state index >= 15 is 0 Å². The van der Waals surface area contributed by atoms with Crippen LogP contribution in [0, 0.1) is 11.8 Å². The molecular formula is C12H25NO. The minimum Gasteiger partial charge on any atom is -0.376 e.